The first-order valence-electron chi connectivity index (χ1n) is 9.05. The van der Waals surface area contributed by atoms with E-state index >= 15 is 0 Å². The fraction of sp³-hybridized carbons (Fsp3) is 0.250. The minimum Gasteiger partial charge on any atom is -0.302 e. The number of nitrogens with one attached hydrogen (secondary N) is 1. The van der Waals surface area contributed by atoms with E-state index < -0.39 is 0 Å². The molecule has 4 rings (SSSR count). The number of fused-ring (bicyclic) bond motifs is 1. The maximum Gasteiger partial charge on any atom is 0.252 e. The van der Waals surface area contributed by atoms with Crippen LogP contribution < -0.4 is 5.32 Å². The molecule has 0 fully saturated rings. The molecule has 3 aromatic heterocycles. The standard InChI is InChI=1S/C20H20N6OS/c1-4-14-5-7-15(8-6-14)17-10-28-20(24-17)25-18(27)9-16-12(2)23-19-21-11-22-26(19)13(16)3/h5-8,10-11H,4,9H2,1-3H3,(H,24,25,27). The zero-order valence-corrected chi connectivity index (χ0v) is 16.7. The van der Waals surface area contributed by atoms with E-state index in [1.807, 2.05) is 19.2 Å². The van der Waals surface area contributed by atoms with E-state index in [0.29, 0.717) is 10.9 Å². The molecule has 142 valence electrons. The zero-order chi connectivity index (χ0) is 19.7. The molecule has 0 aliphatic heterocycles. The first kappa shape index (κ1) is 18.2. The second kappa shape index (κ2) is 7.47. The Balaban J connectivity index is 1.49. The summed E-state index contributed by atoms with van der Waals surface area (Å²) < 4.78 is 1.65. The van der Waals surface area contributed by atoms with Crippen LogP contribution >= 0.6 is 11.3 Å². The van der Waals surface area contributed by atoms with Crippen LogP contribution in [-0.4, -0.2) is 30.5 Å². The number of rotatable bonds is 5. The molecule has 8 heteroatoms. The lowest BCUT2D eigenvalue weighted by Crippen LogP contribution is -2.17. The molecule has 0 atom stereocenters. The number of benzene rings is 1. The van der Waals surface area contributed by atoms with Gasteiger partial charge in [0.2, 0.25) is 5.91 Å². The summed E-state index contributed by atoms with van der Waals surface area (Å²) in [5, 5.41) is 9.60. The smallest absolute Gasteiger partial charge is 0.252 e. The highest BCUT2D eigenvalue weighted by Crippen LogP contribution is 2.25. The van der Waals surface area contributed by atoms with Gasteiger partial charge in [0.25, 0.3) is 5.78 Å². The van der Waals surface area contributed by atoms with Crippen molar-refractivity contribution in [1.29, 1.82) is 0 Å². The first-order chi connectivity index (χ1) is 13.5. The number of aryl methyl sites for hydroxylation is 3. The summed E-state index contributed by atoms with van der Waals surface area (Å²) in [5.74, 6) is 0.410. The van der Waals surface area contributed by atoms with Crippen LogP contribution in [0.4, 0.5) is 5.13 Å². The Hall–Kier alpha value is -3.13. The number of amides is 1. The van der Waals surface area contributed by atoms with E-state index in [4.69, 9.17) is 0 Å². The first-order valence-corrected chi connectivity index (χ1v) is 9.93. The van der Waals surface area contributed by atoms with Crippen molar-refractivity contribution in [1.82, 2.24) is 24.6 Å². The molecule has 3 heterocycles. The second-order valence-corrected chi connectivity index (χ2v) is 7.40. The largest absolute Gasteiger partial charge is 0.302 e. The number of hydrogen-bond acceptors (Lipinski definition) is 6. The molecule has 1 amide bonds. The van der Waals surface area contributed by atoms with Gasteiger partial charge in [-0.2, -0.15) is 10.1 Å². The van der Waals surface area contributed by atoms with Crippen molar-refractivity contribution in [2.24, 2.45) is 0 Å². The van der Waals surface area contributed by atoms with Crippen molar-refractivity contribution >= 4 is 28.2 Å². The lowest BCUT2D eigenvalue weighted by Gasteiger charge is -2.09. The quantitative estimate of drug-likeness (QED) is 0.561. The molecule has 0 radical (unpaired) electrons. The average molecular weight is 392 g/mol. The number of thiazole rings is 1. The Bertz CT molecular complexity index is 1150. The summed E-state index contributed by atoms with van der Waals surface area (Å²) in [5.41, 5.74) is 5.69. The van der Waals surface area contributed by atoms with E-state index in [1.165, 1.54) is 23.2 Å². The lowest BCUT2D eigenvalue weighted by molar-refractivity contribution is -0.115. The minimum atomic E-state index is -0.130. The van der Waals surface area contributed by atoms with Crippen LogP contribution in [0, 0.1) is 13.8 Å². The van der Waals surface area contributed by atoms with Crippen molar-refractivity contribution in [3.63, 3.8) is 0 Å². The Morgan fingerprint density at radius 2 is 1.96 bits per heavy atom. The fourth-order valence-electron chi connectivity index (χ4n) is 3.11. The van der Waals surface area contributed by atoms with Crippen molar-refractivity contribution < 1.29 is 4.79 Å². The highest BCUT2D eigenvalue weighted by molar-refractivity contribution is 7.14. The molecule has 0 bridgehead atoms. The summed E-state index contributed by atoms with van der Waals surface area (Å²) in [7, 11) is 0. The summed E-state index contributed by atoms with van der Waals surface area (Å²) >= 11 is 1.42. The number of carbonyl (C=O) groups excluding carboxylic acids is 1. The average Bonchev–Trinajstić information content (AvgIpc) is 3.35. The van der Waals surface area contributed by atoms with Crippen LogP contribution in [-0.2, 0) is 17.6 Å². The Morgan fingerprint density at radius 1 is 1.18 bits per heavy atom. The number of anilines is 1. The highest BCUT2D eigenvalue weighted by atomic mass is 32.1. The second-order valence-electron chi connectivity index (χ2n) is 6.55. The summed E-state index contributed by atoms with van der Waals surface area (Å²) in [6.07, 6.45) is 2.68. The molecule has 0 aliphatic rings. The van der Waals surface area contributed by atoms with Crippen LogP contribution in [0.2, 0.25) is 0 Å². The Labute approximate surface area is 166 Å². The third-order valence-electron chi connectivity index (χ3n) is 4.73. The maximum atomic E-state index is 12.6. The molecule has 0 saturated heterocycles. The monoisotopic (exact) mass is 392 g/mol. The zero-order valence-electron chi connectivity index (χ0n) is 15.9. The van der Waals surface area contributed by atoms with Gasteiger partial charge in [-0.05, 0) is 25.8 Å². The van der Waals surface area contributed by atoms with Gasteiger partial charge in [0, 0.05) is 27.9 Å². The van der Waals surface area contributed by atoms with Gasteiger partial charge in [0.15, 0.2) is 5.13 Å². The Kier molecular flexibility index (Phi) is 4.87. The van der Waals surface area contributed by atoms with E-state index in [-0.39, 0.29) is 12.3 Å². The Morgan fingerprint density at radius 3 is 2.71 bits per heavy atom. The molecule has 1 aromatic carbocycles. The summed E-state index contributed by atoms with van der Waals surface area (Å²) in [4.78, 5) is 25.6. The third-order valence-corrected chi connectivity index (χ3v) is 5.49. The molecule has 0 unspecified atom stereocenters. The van der Waals surface area contributed by atoms with Crippen LogP contribution in [0.3, 0.4) is 0 Å². The molecule has 0 saturated carbocycles. The predicted octanol–water partition coefficient (Wildman–Crippen LogP) is 3.61. The van der Waals surface area contributed by atoms with Crippen LogP contribution in [0.25, 0.3) is 17.0 Å². The molecule has 4 aromatic rings. The molecule has 0 aliphatic carbocycles. The van der Waals surface area contributed by atoms with Gasteiger partial charge >= 0.3 is 0 Å². The highest BCUT2D eigenvalue weighted by Gasteiger charge is 2.15. The number of hydrogen-bond donors (Lipinski definition) is 1. The van der Waals surface area contributed by atoms with Gasteiger partial charge in [-0.1, -0.05) is 31.2 Å². The molecule has 28 heavy (non-hydrogen) atoms. The molecule has 7 nitrogen and oxygen atoms in total. The van der Waals surface area contributed by atoms with Gasteiger partial charge in [-0.15, -0.1) is 11.3 Å². The maximum absolute atomic E-state index is 12.6. The van der Waals surface area contributed by atoms with E-state index in [9.17, 15) is 4.79 Å². The van der Waals surface area contributed by atoms with E-state index in [2.05, 4.69) is 56.6 Å². The van der Waals surface area contributed by atoms with E-state index in [0.717, 1.165) is 34.6 Å². The molecule has 0 spiro atoms. The molecule has 1 N–H and O–H groups in total. The number of aromatic nitrogens is 5. The molecular weight excluding hydrogens is 372 g/mol. The van der Waals surface area contributed by atoms with Crippen LogP contribution in [0.5, 0.6) is 0 Å². The van der Waals surface area contributed by atoms with Gasteiger partial charge in [-0.3, -0.25) is 4.79 Å². The van der Waals surface area contributed by atoms with Gasteiger partial charge in [0.1, 0.15) is 6.33 Å². The number of nitrogens with zero attached hydrogens (tertiary/aromatic N) is 5. The van der Waals surface area contributed by atoms with E-state index in [1.54, 1.807) is 4.52 Å². The van der Waals surface area contributed by atoms with Crippen molar-refractivity contribution in [2.45, 2.75) is 33.6 Å². The van der Waals surface area contributed by atoms with Crippen molar-refractivity contribution in [3.8, 4) is 11.3 Å². The summed E-state index contributed by atoms with van der Waals surface area (Å²) in [6, 6.07) is 8.33. The van der Waals surface area contributed by atoms with Gasteiger partial charge in [-0.25, -0.2) is 14.5 Å². The summed E-state index contributed by atoms with van der Waals surface area (Å²) in [6.45, 7) is 5.93. The van der Waals surface area contributed by atoms with Gasteiger partial charge < -0.3 is 5.32 Å². The minimum absolute atomic E-state index is 0.130. The van der Waals surface area contributed by atoms with Crippen molar-refractivity contribution in [3.05, 3.63) is 58.5 Å². The van der Waals surface area contributed by atoms with Gasteiger partial charge in [0.05, 0.1) is 12.1 Å². The fourth-order valence-corrected chi connectivity index (χ4v) is 3.85. The predicted molar refractivity (Wildman–Crippen MR) is 110 cm³/mol. The third kappa shape index (κ3) is 3.50. The van der Waals surface area contributed by atoms with Crippen LogP contribution in [0.1, 0.15) is 29.4 Å². The SMILES string of the molecule is CCc1ccc(-c2csc(NC(=O)Cc3c(C)nc4ncnn4c3C)n2)cc1. The lowest BCUT2D eigenvalue weighted by atomic mass is 10.1. The van der Waals surface area contributed by atoms with Crippen LogP contribution in [0.15, 0.2) is 36.0 Å². The van der Waals surface area contributed by atoms with Crippen molar-refractivity contribution in [2.75, 3.05) is 5.32 Å². The normalized spacial score (nSPS) is 11.1. The molecular formula is C20H20N6OS. The number of carbonyl (C=O) groups is 1. The topological polar surface area (TPSA) is 85.1 Å².